The fourth-order valence-electron chi connectivity index (χ4n) is 2.37. The second-order valence-electron chi connectivity index (χ2n) is 4.22. The quantitative estimate of drug-likeness (QED) is 0.670. The zero-order chi connectivity index (χ0) is 9.97. The Bertz CT molecular complexity index is 220. The lowest BCUT2D eigenvalue weighted by molar-refractivity contribution is -0.133. The van der Waals surface area contributed by atoms with Crippen LogP contribution in [-0.2, 0) is 9.53 Å². The average molecular weight is 198 g/mol. The Morgan fingerprint density at radius 1 is 1.43 bits per heavy atom. The summed E-state index contributed by atoms with van der Waals surface area (Å²) in [6.45, 7) is 3.95. The van der Waals surface area contributed by atoms with Crippen LogP contribution in [0.1, 0.15) is 12.8 Å². The molecule has 1 amide bonds. The van der Waals surface area contributed by atoms with Crippen LogP contribution in [0.5, 0.6) is 0 Å². The number of fused-ring (bicyclic) bond motifs is 1. The molecule has 2 fully saturated rings. The van der Waals surface area contributed by atoms with Crippen LogP contribution in [0.2, 0.25) is 0 Å². The van der Waals surface area contributed by atoms with Crippen LogP contribution in [0.3, 0.4) is 0 Å². The Morgan fingerprint density at radius 3 is 3.00 bits per heavy atom. The van der Waals surface area contributed by atoms with Gasteiger partial charge in [0.15, 0.2) is 0 Å². The summed E-state index contributed by atoms with van der Waals surface area (Å²) in [6.07, 6.45) is 1.58. The standard InChI is InChI=1S/C10H18N2O2/c11-3-1-10(13)12-4-2-8-6-14-7-9(8)5-12/h8-9H,1-7,11H2/t8-,9+/m0/s1. The van der Waals surface area contributed by atoms with Gasteiger partial charge in [0, 0.05) is 38.6 Å². The molecular formula is C10H18N2O2. The lowest BCUT2D eigenvalue weighted by Gasteiger charge is -2.33. The second kappa shape index (κ2) is 4.28. The summed E-state index contributed by atoms with van der Waals surface area (Å²) in [4.78, 5) is 13.5. The van der Waals surface area contributed by atoms with Gasteiger partial charge in [-0.05, 0) is 12.3 Å². The largest absolute Gasteiger partial charge is 0.381 e. The summed E-state index contributed by atoms with van der Waals surface area (Å²) in [7, 11) is 0. The molecule has 2 aliphatic rings. The van der Waals surface area contributed by atoms with Gasteiger partial charge in [-0.2, -0.15) is 0 Å². The van der Waals surface area contributed by atoms with Crippen molar-refractivity contribution in [3.63, 3.8) is 0 Å². The fourth-order valence-corrected chi connectivity index (χ4v) is 2.37. The molecule has 0 saturated carbocycles. The molecule has 2 atom stereocenters. The van der Waals surface area contributed by atoms with E-state index < -0.39 is 0 Å². The third kappa shape index (κ3) is 1.91. The Balaban J connectivity index is 1.87. The van der Waals surface area contributed by atoms with Gasteiger partial charge in [0.05, 0.1) is 6.61 Å². The molecule has 0 aliphatic carbocycles. The predicted octanol–water partition coefficient (Wildman–Crippen LogP) is -0.170. The number of hydrogen-bond acceptors (Lipinski definition) is 3. The molecule has 2 saturated heterocycles. The van der Waals surface area contributed by atoms with E-state index in [-0.39, 0.29) is 5.91 Å². The SMILES string of the molecule is NCCC(=O)N1CC[C@H]2COC[C@H]2C1. The molecule has 2 rings (SSSR count). The summed E-state index contributed by atoms with van der Waals surface area (Å²) < 4.78 is 5.42. The van der Waals surface area contributed by atoms with E-state index in [1.807, 2.05) is 4.90 Å². The van der Waals surface area contributed by atoms with Crippen molar-refractivity contribution in [2.24, 2.45) is 17.6 Å². The van der Waals surface area contributed by atoms with Crippen molar-refractivity contribution in [1.82, 2.24) is 4.90 Å². The molecule has 4 heteroatoms. The normalized spacial score (nSPS) is 31.6. The Labute approximate surface area is 84.4 Å². The minimum Gasteiger partial charge on any atom is -0.381 e. The molecule has 4 nitrogen and oxygen atoms in total. The molecule has 0 aromatic carbocycles. The highest BCUT2D eigenvalue weighted by molar-refractivity contribution is 5.76. The molecule has 2 N–H and O–H groups in total. The first kappa shape index (κ1) is 9.93. The summed E-state index contributed by atoms with van der Waals surface area (Å²) in [5.74, 6) is 1.47. The van der Waals surface area contributed by atoms with Crippen molar-refractivity contribution < 1.29 is 9.53 Å². The van der Waals surface area contributed by atoms with Crippen molar-refractivity contribution in [2.45, 2.75) is 12.8 Å². The van der Waals surface area contributed by atoms with Crippen molar-refractivity contribution in [3.8, 4) is 0 Å². The molecular weight excluding hydrogens is 180 g/mol. The fraction of sp³-hybridized carbons (Fsp3) is 0.900. The van der Waals surface area contributed by atoms with Crippen LogP contribution in [0.4, 0.5) is 0 Å². The highest BCUT2D eigenvalue weighted by Crippen LogP contribution is 2.29. The molecule has 0 radical (unpaired) electrons. The van der Waals surface area contributed by atoms with Crippen LogP contribution in [0.25, 0.3) is 0 Å². The number of likely N-dealkylation sites (tertiary alicyclic amines) is 1. The Kier molecular flexibility index (Phi) is 3.03. The molecule has 80 valence electrons. The number of carbonyl (C=O) groups excluding carboxylic acids is 1. The molecule has 0 aromatic heterocycles. The first-order valence-electron chi connectivity index (χ1n) is 5.37. The van der Waals surface area contributed by atoms with Gasteiger partial charge >= 0.3 is 0 Å². The molecule has 0 spiro atoms. The van der Waals surface area contributed by atoms with Crippen molar-refractivity contribution in [1.29, 1.82) is 0 Å². The van der Waals surface area contributed by atoms with E-state index in [0.717, 1.165) is 32.7 Å². The van der Waals surface area contributed by atoms with Crippen LogP contribution in [0.15, 0.2) is 0 Å². The number of carbonyl (C=O) groups is 1. The summed E-state index contributed by atoms with van der Waals surface area (Å²) in [6, 6.07) is 0. The average Bonchev–Trinajstić information content (AvgIpc) is 2.64. The van der Waals surface area contributed by atoms with Gasteiger partial charge in [-0.15, -0.1) is 0 Å². The van der Waals surface area contributed by atoms with Gasteiger partial charge in [0.2, 0.25) is 5.91 Å². The van der Waals surface area contributed by atoms with E-state index in [1.165, 1.54) is 0 Å². The first-order chi connectivity index (χ1) is 6.81. The van der Waals surface area contributed by atoms with E-state index in [4.69, 9.17) is 10.5 Å². The van der Waals surface area contributed by atoms with Gasteiger partial charge in [0.25, 0.3) is 0 Å². The predicted molar refractivity (Wildman–Crippen MR) is 52.7 cm³/mol. The number of hydrogen-bond donors (Lipinski definition) is 1. The maximum absolute atomic E-state index is 11.6. The van der Waals surface area contributed by atoms with Crippen LogP contribution in [-0.4, -0.2) is 43.7 Å². The second-order valence-corrected chi connectivity index (χ2v) is 4.22. The number of rotatable bonds is 2. The van der Waals surface area contributed by atoms with Crippen molar-refractivity contribution in [3.05, 3.63) is 0 Å². The smallest absolute Gasteiger partial charge is 0.223 e. The number of nitrogens with zero attached hydrogens (tertiary/aromatic N) is 1. The highest BCUT2D eigenvalue weighted by atomic mass is 16.5. The molecule has 2 heterocycles. The minimum absolute atomic E-state index is 0.206. The first-order valence-corrected chi connectivity index (χ1v) is 5.37. The maximum Gasteiger partial charge on any atom is 0.223 e. The molecule has 2 aliphatic heterocycles. The molecule has 0 unspecified atom stereocenters. The topological polar surface area (TPSA) is 55.6 Å². The molecule has 0 bridgehead atoms. The summed E-state index contributed by atoms with van der Waals surface area (Å²) in [5.41, 5.74) is 5.37. The number of piperidine rings is 1. The summed E-state index contributed by atoms with van der Waals surface area (Å²) >= 11 is 0. The van der Waals surface area contributed by atoms with Gasteiger partial charge in [0.1, 0.15) is 0 Å². The van der Waals surface area contributed by atoms with Crippen LogP contribution in [0, 0.1) is 11.8 Å². The lowest BCUT2D eigenvalue weighted by Crippen LogP contribution is -2.43. The Hall–Kier alpha value is -0.610. The third-order valence-corrected chi connectivity index (χ3v) is 3.27. The maximum atomic E-state index is 11.6. The number of ether oxygens (including phenoxy) is 1. The van der Waals surface area contributed by atoms with Crippen molar-refractivity contribution in [2.75, 3.05) is 32.8 Å². The molecule has 14 heavy (non-hydrogen) atoms. The van der Waals surface area contributed by atoms with Crippen LogP contribution >= 0.6 is 0 Å². The van der Waals surface area contributed by atoms with Gasteiger partial charge < -0.3 is 15.4 Å². The van der Waals surface area contributed by atoms with Crippen molar-refractivity contribution >= 4 is 5.91 Å². The van der Waals surface area contributed by atoms with Gasteiger partial charge in [-0.1, -0.05) is 0 Å². The third-order valence-electron chi connectivity index (χ3n) is 3.27. The number of nitrogens with two attached hydrogens (primary N) is 1. The van der Waals surface area contributed by atoms with E-state index in [9.17, 15) is 4.79 Å². The van der Waals surface area contributed by atoms with Gasteiger partial charge in [-0.25, -0.2) is 0 Å². The lowest BCUT2D eigenvalue weighted by atomic mass is 9.88. The minimum atomic E-state index is 0.206. The zero-order valence-electron chi connectivity index (χ0n) is 8.45. The zero-order valence-corrected chi connectivity index (χ0v) is 8.45. The van der Waals surface area contributed by atoms with E-state index in [0.29, 0.717) is 24.8 Å². The van der Waals surface area contributed by atoms with Crippen LogP contribution < -0.4 is 5.73 Å². The van der Waals surface area contributed by atoms with E-state index in [2.05, 4.69) is 0 Å². The van der Waals surface area contributed by atoms with E-state index in [1.54, 1.807) is 0 Å². The van der Waals surface area contributed by atoms with E-state index >= 15 is 0 Å². The van der Waals surface area contributed by atoms with Gasteiger partial charge in [-0.3, -0.25) is 4.79 Å². The summed E-state index contributed by atoms with van der Waals surface area (Å²) in [5, 5.41) is 0. The Morgan fingerprint density at radius 2 is 2.21 bits per heavy atom. The number of amides is 1. The highest BCUT2D eigenvalue weighted by Gasteiger charge is 2.34. The monoisotopic (exact) mass is 198 g/mol. The molecule has 0 aromatic rings.